The Morgan fingerprint density at radius 3 is 2.17 bits per heavy atom. The predicted octanol–water partition coefficient (Wildman–Crippen LogP) is 5.05. The van der Waals surface area contributed by atoms with Gasteiger partial charge in [-0.1, -0.05) is 53.9 Å². The minimum atomic E-state index is -3.84. The number of halogens is 3. The van der Waals surface area contributed by atoms with Crippen molar-refractivity contribution >= 4 is 62.3 Å². The van der Waals surface area contributed by atoms with Gasteiger partial charge in [0.25, 0.3) is 0 Å². The summed E-state index contributed by atoms with van der Waals surface area (Å²) in [4.78, 5) is 28.0. The molecule has 11 heteroatoms. The number of hydrogen-bond donors (Lipinski definition) is 1. The van der Waals surface area contributed by atoms with Gasteiger partial charge >= 0.3 is 0 Å². The molecular formula is C24H30Cl3N3O4S. The summed E-state index contributed by atoms with van der Waals surface area (Å²) in [6.45, 7) is 6.75. The monoisotopic (exact) mass is 561 g/mol. The van der Waals surface area contributed by atoms with Crippen LogP contribution in [0.4, 0.5) is 5.69 Å². The number of nitrogens with one attached hydrogen (secondary N) is 1. The van der Waals surface area contributed by atoms with Gasteiger partial charge < -0.3 is 10.2 Å². The lowest BCUT2D eigenvalue weighted by Crippen LogP contribution is -2.53. The number of nitrogens with zero attached hydrogens (tertiary/aromatic N) is 2. The third-order valence-corrected chi connectivity index (χ3v) is 7.56. The van der Waals surface area contributed by atoms with E-state index in [1.165, 1.54) is 11.0 Å². The topological polar surface area (TPSA) is 86.8 Å². The maximum absolute atomic E-state index is 13.6. The fraction of sp³-hybridized carbons (Fsp3) is 0.417. The molecule has 0 fully saturated rings. The first-order valence-corrected chi connectivity index (χ1v) is 14.0. The van der Waals surface area contributed by atoms with Crippen molar-refractivity contribution in [1.82, 2.24) is 10.2 Å². The van der Waals surface area contributed by atoms with E-state index in [1.54, 1.807) is 44.2 Å². The second kappa shape index (κ2) is 12.3. The van der Waals surface area contributed by atoms with Gasteiger partial charge in [0.1, 0.15) is 12.6 Å². The molecule has 0 aromatic heterocycles. The number of carbonyl (C=O) groups is 2. The molecule has 1 atom stereocenters. The summed E-state index contributed by atoms with van der Waals surface area (Å²) in [6.07, 6.45) is 1.33. The fourth-order valence-corrected chi connectivity index (χ4v) is 4.82. The van der Waals surface area contributed by atoms with Crippen LogP contribution >= 0.6 is 34.8 Å². The van der Waals surface area contributed by atoms with Gasteiger partial charge in [-0.3, -0.25) is 13.9 Å². The van der Waals surface area contributed by atoms with Crippen molar-refractivity contribution < 1.29 is 18.0 Å². The van der Waals surface area contributed by atoms with Gasteiger partial charge in [0.2, 0.25) is 21.8 Å². The number of benzene rings is 2. The molecule has 0 unspecified atom stereocenters. The Morgan fingerprint density at radius 2 is 1.66 bits per heavy atom. The first-order valence-electron chi connectivity index (χ1n) is 11.0. The van der Waals surface area contributed by atoms with Crippen molar-refractivity contribution in [3.05, 3.63) is 62.6 Å². The second-order valence-corrected chi connectivity index (χ2v) is 11.7. The highest BCUT2D eigenvalue weighted by Gasteiger charge is 2.32. The lowest BCUT2D eigenvalue weighted by molar-refractivity contribution is -0.140. The SMILES string of the molecule is CC[C@@H](C(=O)NC(C)C)N(Cc1ccc(Cl)c(Cl)c1)C(=O)CN(c1ccc(C)c(Cl)c1)S(C)(=O)=O. The van der Waals surface area contributed by atoms with Crippen LogP contribution in [0.5, 0.6) is 0 Å². The lowest BCUT2D eigenvalue weighted by atomic mass is 10.1. The highest BCUT2D eigenvalue weighted by Crippen LogP contribution is 2.27. The summed E-state index contributed by atoms with van der Waals surface area (Å²) in [6, 6.07) is 8.72. The van der Waals surface area contributed by atoms with Crippen LogP contribution in [0.25, 0.3) is 0 Å². The van der Waals surface area contributed by atoms with E-state index in [4.69, 9.17) is 34.8 Å². The Balaban J connectivity index is 2.48. The van der Waals surface area contributed by atoms with E-state index < -0.39 is 28.5 Å². The van der Waals surface area contributed by atoms with E-state index in [9.17, 15) is 18.0 Å². The van der Waals surface area contributed by atoms with Gasteiger partial charge in [0, 0.05) is 17.6 Å². The molecule has 0 aliphatic heterocycles. The molecule has 35 heavy (non-hydrogen) atoms. The van der Waals surface area contributed by atoms with Gasteiger partial charge in [-0.25, -0.2) is 8.42 Å². The number of rotatable bonds is 10. The van der Waals surface area contributed by atoms with Crippen molar-refractivity contribution in [2.45, 2.75) is 52.7 Å². The van der Waals surface area contributed by atoms with Crippen molar-refractivity contribution in [2.24, 2.45) is 0 Å². The summed E-state index contributed by atoms with van der Waals surface area (Å²) in [7, 11) is -3.84. The van der Waals surface area contributed by atoms with Crippen molar-refractivity contribution in [3.8, 4) is 0 Å². The van der Waals surface area contributed by atoms with Gasteiger partial charge in [0.05, 0.1) is 22.0 Å². The number of hydrogen-bond acceptors (Lipinski definition) is 4. The van der Waals surface area contributed by atoms with Crippen LogP contribution in [0, 0.1) is 6.92 Å². The van der Waals surface area contributed by atoms with Crippen LogP contribution < -0.4 is 9.62 Å². The average molecular weight is 563 g/mol. The van der Waals surface area contributed by atoms with Crippen molar-refractivity contribution in [2.75, 3.05) is 17.1 Å². The van der Waals surface area contributed by atoms with Crippen LogP contribution in [0.1, 0.15) is 38.3 Å². The Hall–Kier alpha value is -2.00. The largest absolute Gasteiger partial charge is 0.352 e. The molecule has 0 spiro atoms. The highest BCUT2D eigenvalue weighted by molar-refractivity contribution is 7.92. The standard InChI is InChI=1S/C24H30Cl3N3O4S/c1-6-22(24(32)28-15(2)3)29(13-17-8-10-19(25)21(27)11-17)23(31)14-30(35(5,33)34)18-9-7-16(4)20(26)12-18/h7-12,15,22H,6,13-14H2,1-5H3,(H,28,32)/t22-/m0/s1. The Bertz CT molecular complexity index is 1190. The molecule has 0 saturated carbocycles. The van der Waals surface area contributed by atoms with Crippen LogP contribution in [-0.2, 0) is 26.2 Å². The van der Waals surface area contributed by atoms with E-state index in [-0.39, 0.29) is 24.2 Å². The normalized spacial score (nSPS) is 12.4. The van der Waals surface area contributed by atoms with Crippen LogP contribution in [0.3, 0.4) is 0 Å². The summed E-state index contributed by atoms with van der Waals surface area (Å²) in [5.74, 6) is -0.885. The molecule has 7 nitrogen and oxygen atoms in total. The molecule has 0 aliphatic carbocycles. The third kappa shape index (κ3) is 8.00. The smallest absolute Gasteiger partial charge is 0.244 e. The van der Waals surface area contributed by atoms with Crippen LogP contribution in [0.15, 0.2) is 36.4 Å². The minimum Gasteiger partial charge on any atom is -0.352 e. The zero-order chi connectivity index (χ0) is 26.5. The highest BCUT2D eigenvalue weighted by atomic mass is 35.5. The van der Waals surface area contributed by atoms with E-state index in [0.717, 1.165) is 16.1 Å². The van der Waals surface area contributed by atoms with Gasteiger partial charge in [-0.05, 0) is 62.6 Å². The molecule has 2 amide bonds. The Kier molecular flexibility index (Phi) is 10.3. The molecule has 2 aromatic carbocycles. The molecular weight excluding hydrogens is 533 g/mol. The first-order chi connectivity index (χ1) is 16.2. The second-order valence-electron chi connectivity index (χ2n) is 8.56. The lowest BCUT2D eigenvalue weighted by Gasteiger charge is -2.33. The average Bonchev–Trinajstić information content (AvgIpc) is 2.75. The third-order valence-electron chi connectivity index (χ3n) is 5.28. The number of amides is 2. The Labute approximate surface area is 222 Å². The zero-order valence-corrected chi connectivity index (χ0v) is 23.4. The number of sulfonamides is 1. The molecule has 0 aliphatic rings. The van der Waals surface area contributed by atoms with Crippen molar-refractivity contribution in [1.29, 1.82) is 0 Å². The van der Waals surface area contributed by atoms with Gasteiger partial charge in [-0.15, -0.1) is 0 Å². The molecule has 2 aromatic rings. The van der Waals surface area contributed by atoms with Crippen molar-refractivity contribution in [3.63, 3.8) is 0 Å². The molecule has 0 radical (unpaired) electrons. The van der Waals surface area contributed by atoms with Gasteiger partial charge in [-0.2, -0.15) is 0 Å². The summed E-state index contributed by atoms with van der Waals surface area (Å²) in [5.41, 5.74) is 1.67. The van der Waals surface area contributed by atoms with Gasteiger partial charge in [0.15, 0.2) is 0 Å². The maximum Gasteiger partial charge on any atom is 0.244 e. The maximum atomic E-state index is 13.6. The summed E-state index contributed by atoms with van der Waals surface area (Å²) in [5, 5.41) is 3.88. The molecule has 0 heterocycles. The Morgan fingerprint density at radius 1 is 1.00 bits per heavy atom. The quantitative estimate of drug-likeness (QED) is 0.439. The summed E-state index contributed by atoms with van der Waals surface area (Å²) < 4.78 is 26.3. The predicted molar refractivity (Wildman–Crippen MR) is 143 cm³/mol. The molecule has 0 saturated heterocycles. The summed E-state index contributed by atoms with van der Waals surface area (Å²) >= 11 is 18.4. The van der Waals surface area contributed by atoms with E-state index in [0.29, 0.717) is 27.1 Å². The minimum absolute atomic E-state index is 0.0337. The molecule has 2 rings (SSSR count). The zero-order valence-electron chi connectivity index (χ0n) is 20.3. The van der Waals surface area contributed by atoms with Crippen LogP contribution in [-0.4, -0.2) is 50.0 Å². The fourth-order valence-electron chi connectivity index (χ4n) is 3.49. The molecule has 192 valence electrons. The van der Waals surface area contributed by atoms with E-state index in [2.05, 4.69) is 5.32 Å². The first kappa shape index (κ1) is 29.2. The van der Waals surface area contributed by atoms with E-state index >= 15 is 0 Å². The number of aryl methyl sites for hydroxylation is 1. The number of carbonyl (C=O) groups excluding carboxylic acids is 2. The van der Waals surface area contributed by atoms with Crippen LogP contribution in [0.2, 0.25) is 15.1 Å². The molecule has 0 bridgehead atoms. The van der Waals surface area contributed by atoms with E-state index in [1.807, 2.05) is 13.8 Å². The number of anilines is 1. The molecule has 1 N–H and O–H groups in total.